The molecular weight excluding hydrogens is 267 g/mol. The van der Waals surface area contributed by atoms with Crippen molar-refractivity contribution in [2.45, 2.75) is 46.1 Å². The van der Waals surface area contributed by atoms with E-state index in [4.69, 9.17) is 5.73 Å². The number of hydrogen-bond donors (Lipinski definition) is 2. The number of nitrogen functional groups attached to an aromatic ring is 1. The Hall–Kier alpha value is -1.58. The molecule has 1 aromatic rings. The van der Waals surface area contributed by atoms with Gasteiger partial charge in [-0.3, -0.25) is 4.79 Å². The fourth-order valence-electron chi connectivity index (χ4n) is 4.37. The SMILES string of the molecule is CC1(C)C2CCC1(C)C(NC(=O)c1ccc(N)cc1F)C2. The van der Waals surface area contributed by atoms with Crippen molar-refractivity contribution >= 4 is 11.6 Å². The first kappa shape index (κ1) is 14.4. The van der Waals surface area contributed by atoms with Gasteiger partial charge in [-0.25, -0.2) is 4.39 Å². The van der Waals surface area contributed by atoms with E-state index in [0.717, 1.165) is 12.8 Å². The number of amides is 1. The minimum absolute atomic E-state index is 0.0772. The van der Waals surface area contributed by atoms with Gasteiger partial charge in [0, 0.05) is 11.7 Å². The summed E-state index contributed by atoms with van der Waals surface area (Å²) >= 11 is 0. The second-order valence-corrected chi connectivity index (χ2v) is 7.38. The highest BCUT2D eigenvalue weighted by Gasteiger charge is 2.61. The number of nitrogens with two attached hydrogens (primary N) is 1. The highest BCUT2D eigenvalue weighted by atomic mass is 19.1. The van der Waals surface area contributed by atoms with Crippen LogP contribution in [-0.4, -0.2) is 11.9 Å². The predicted molar refractivity (Wildman–Crippen MR) is 81.3 cm³/mol. The number of nitrogens with one attached hydrogen (secondary N) is 1. The van der Waals surface area contributed by atoms with Gasteiger partial charge in [-0.1, -0.05) is 20.8 Å². The van der Waals surface area contributed by atoms with Crippen LogP contribution in [0.25, 0.3) is 0 Å². The minimum atomic E-state index is -0.555. The molecule has 2 fully saturated rings. The summed E-state index contributed by atoms with van der Waals surface area (Å²) in [6.07, 6.45) is 3.35. The largest absolute Gasteiger partial charge is 0.399 e. The van der Waals surface area contributed by atoms with Crippen LogP contribution in [0.2, 0.25) is 0 Å². The fraction of sp³-hybridized carbons (Fsp3) is 0.588. The van der Waals surface area contributed by atoms with Gasteiger partial charge in [-0.15, -0.1) is 0 Å². The van der Waals surface area contributed by atoms with E-state index in [0.29, 0.717) is 11.6 Å². The quantitative estimate of drug-likeness (QED) is 0.821. The molecule has 114 valence electrons. The average molecular weight is 290 g/mol. The van der Waals surface area contributed by atoms with E-state index in [1.807, 2.05) is 0 Å². The lowest BCUT2D eigenvalue weighted by Gasteiger charge is -2.39. The van der Waals surface area contributed by atoms with Gasteiger partial charge in [0.05, 0.1) is 5.56 Å². The number of hydrogen-bond acceptors (Lipinski definition) is 2. The van der Waals surface area contributed by atoms with Gasteiger partial charge in [0.2, 0.25) is 0 Å². The van der Waals surface area contributed by atoms with Crippen molar-refractivity contribution in [1.82, 2.24) is 5.32 Å². The van der Waals surface area contributed by atoms with Crippen LogP contribution in [0, 0.1) is 22.6 Å². The summed E-state index contributed by atoms with van der Waals surface area (Å²) in [4.78, 5) is 12.4. The van der Waals surface area contributed by atoms with Crippen LogP contribution in [0.3, 0.4) is 0 Å². The zero-order valence-electron chi connectivity index (χ0n) is 12.9. The molecular formula is C17H23FN2O. The number of rotatable bonds is 2. The summed E-state index contributed by atoms with van der Waals surface area (Å²) in [6, 6.07) is 4.34. The zero-order chi connectivity index (χ0) is 15.4. The topological polar surface area (TPSA) is 55.1 Å². The molecule has 0 radical (unpaired) electrons. The van der Waals surface area contributed by atoms with Gasteiger partial charge < -0.3 is 11.1 Å². The van der Waals surface area contributed by atoms with Crippen molar-refractivity contribution in [3.63, 3.8) is 0 Å². The summed E-state index contributed by atoms with van der Waals surface area (Å²) in [6.45, 7) is 6.84. The van der Waals surface area contributed by atoms with E-state index in [1.165, 1.54) is 18.6 Å². The van der Waals surface area contributed by atoms with Crippen molar-refractivity contribution < 1.29 is 9.18 Å². The summed E-state index contributed by atoms with van der Waals surface area (Å²) in [5.41, 5.74) is 6.25. The van der Waals surface area contributed by atoms with E-state index in [9.17, 15) is 9.18 Å². The van der Waals surface area contributed by atoms with Crippen molar-refractivity contribution in [1.29, 1.82) is 0 Å². The van der Waals surface area contributed by atoms with Crippen molar-refractivity contribution in [2.24, 2.45) is 16.7 Å². The molecule has 0 spiro atoms. The monoisotopic (exact) mass is 290 g/mol. The first-order chi connectivity index (χ1) is 9.75. The van der Waals surface area contributed by atoms with Crippen LogP contribution in [-0.2, 0) is 0 Å². The Morgan fingerprint density at radius 2 is 2.10 bits per heavy atom. The van der Waals surface area contributed by atoms with E-state index >= 15 is 0 Å². The normalized spacial score (nSPS) is 33.1. The molecule has 2 bridgehead atoms. The van der Waals surface area contributed by atoms with Crippen LogP contribution < -0.4 is 11.1 Å². The zero-order valence-corrected chi connectivity index (χ0v) is 12.9. The Morgan fingerprint density at radius 3 is 2.62 bits per heavy atom. The maximum absolute atomic E-state index is 13.9. The predicted octanol–water partition coefficient (Wildman–Crippen LogP) is 3.35. The molecule has 1 aromatic carbocycles. The molecule has 2 aliphatic rings. The van der Waals surface area contributed by atoms with E-state index in [-0.39, 0.29) is 28.3 Å². The second-order valence-electron chi connectivity index (χ2n) is 7.38. The lowest BCUT2D eigenvalue weighted by Crippen LogP contribution is -2.47. The van der Waals surface area contributed by atoms with Gasteiger partial charge in [0.1, 0.15) is 5.82 Å². The summed E-state index contributed by atoms with van der Waals surface area (Å²) < 4.78 is 13.9. The Kier molecular flexibility index (Phi) is 3.05. The summed E-state index contributed by atoms with van der Waals surface area (Å²) in [7, 11) is 0. The maximum atomic E-state index is 13.9. The number of anilines is 1. The highest BCUT2D eigenvalue weighted by molar-refractivity contribution is 5.95. The molecule has 3 N–H and O–H groups in total. The number of carbonyl (C=O) groups excluding carboxylic acids is 1. The van der Waals surface area contributed by atoms with Crippen LogP contribution >= 0.6 is 0 Å². The second kappa shape index (κ2) is 4.46. The van der Waals surface area contributed by atoms with Crippen molar-refractivity contribution in [2.75, 3.05) is 5.73 Å². The third-order valence-electron chi connectivity index (χ3n) is 6.34. The first-order valence-electron chi connectivity index (χ1n) is 7.61. The highest BCUT2D eigenvalue weighted by Crippen LogP contribution is 2.65. The van der Waals surface area contributed by atoms with Gasteiger partial charge in [0.25, 0.3) is 5.91 Å². The smallest absolute Gasteiger partial charge is 0.254 e. The molecule has 2 saturated carbocycles. The van der Waals surface area contributed by atoms with Crippen molar-refractivity contribution in [3.8, 4) is 0 Å². The van der Waals surface area contributed by atoms with Crippen LogP contribution in [0.5, 0.6) is 0 Å². The number of halogens is 1. The Morgan fingerprint density at radius 1 is 1.38 bits per heavy atom. The van der Waals surface area contributed by atoms with Gasteiger partial charge >= 0.3 is 0 Å². The number of carbonyl (C=O) groups is 1. The minimum Gasteiger partial charge on any atom is -0.399 e. The molecule has 3 nitrogen and oxygen atoms in total. The third kappa shape index (κ3) is 1.95. The molecule has 2 aliphatic carbocycles. The number of benzene rings is 1. The average Bonchev–Trinajstić information content (AvgIpc) is 2.71. The standard InChI is InChI=1S/C17H23FN2O/c1-16(2)10-6-7-17(16,3)14(8-10)20-15(21)12-5-4-11(19)9-13(12)18/h4-5,9-10,14H,6-8,19H2,1-3H3,(H,20,21). The third-order valence-corrected chi connectivity index (χ3v) is 6.34. The van der Waals surface area contributed by atoms with Crippen LogP contribution in [0.1, 0.15) is 50.4 Å². The molecule has 3 unspecified atom stereocenters. The van der Waals surface area contributed by atoms with Gasteiger partial charge in [-0.2, -0.15) is 0 Å². The lowest BCUT2D eigenvalue weighted by atomic mass is 9.69. The molecule has 21 heavy (non-hydrogen) atoms. The molecule has 1 amide bonds. The summed E-state index contributed by atoms with van der Waals surface area (Å²) in [5.74, 6) is -0.244. The molecule has 0 saturated heterocycles. The molecule has 3 rings (SSSR count). The molecule has 0 aliphatic heterocycles. The Bertz CT molecular complexity index is 598. The Balaban J connectivity index is 1.80. The van der Waals surface area contributed by atoms with Gasteiger partial charge in [0.15, 0.2) is 0 Å². The number of fused-ring (bicyclic) bond motifs is 2. The first-order valence-corrected chi connectivity index (χ1v) is 7.61. The van der Waals surface area contributed by atoms with E-state index in [2.05, 4.69) is 26.1 Å². The molecule has 4 heteroatoms. The molecule has 0 heterocycles. The lowest BCUT2D eigenvalue weighted by molar-refractivity contribution is 0.0822. The van der Waals surface area contributed by atoms with E-state index in [1.54, 1.807) is 6.07 Å². The Labute approximate surface area is 125 Å². The van der Waals surface area contributed by atoms with Crippen LogP contribution in [0.15, 0.2) is 18.2 Å². The van der Waals surface area contributed by atoms with Crippen molar-refractivity contribution in [3.05, 3.63) is 29.6 Å². The molecule has 0 aromatic heterocycles. The summed E-state index contributed by atoms with van der Waals surface area (Å²) in [5, 5.41) is 3.06. The van der Waals surface area contributed by atoms with E-state index < -0.39 is 5.82 Å². The maximum Gasteiger partial charge on any atom is 0.254 e. The fourth-order valence-corrected chi connectivity index (χ4v) is 4.37. The van der Waals surface area contributed by atoms with Crippen LogP contribution in [0.4, 0.5) is 10.1 Å². The van der Waals surface area contributed by atoms with Gasteiger partial charge in [-0.05, 0) is 54.2 Å². The molecule has 3 atom stereocenters.